The quantitative estimate of drug-likeness (QED) is 0.580. The SMILES string of the molecule is CCNC(C)c1cccc(NC(=O)N(CCO)CCO)c1. The third kappa shape index (κ3) is 5.71. The summed E-state index contributed by atoms with van der Waals surface area (Å²) in [6.45, 7) is 5.10. The van der Waals surface area contributed by atoms with Gasteiger partial charge in [-0.25, -0.2) is 4.79 Å². The number of urea groups is 1. The predicted molar refractivity (Wildman–Crippen MR) is 83.3 cm³/mol. The fourth-order valence-corrected chi connectivity index (χ4v) is 2.07. The van der Waals surface area contributed by atoms with Crippen molar-refractivity contribution in [2.75, 3.05) is 38.2 Å². The first kappa shape index (κ1) is 17.4. The maximum Gasteiger partial charge on any atom is 0.321 e. The molecule has 6 nitrogen and oxygen atoms in total. The lowest BCUT2D eigenvalue weighted by molar-refractivity contribution is 0.167. The van der Waals surface area contributed by atoms with Crippen molar-refractivity contribution in [2.45, 2.75) is 19.9 Å². The molecule has 118 valence electrons. The maximum atomic E-state index is 12.1. The molecule has 0 aromatic heterocycles. The summed E-state index contributed by atoms with van der Waals surface area (Å²) in [6.07, 6.45) is 0. The van der Waals surface area contributed by atoms with Gasteiger partial charge in [-0.1, -0.05) is 19.1 Å². The van der Waals surface area contributed by atoms with Crippen molar-refractivity contribution in [3.8, 4) is 0 Å². The second kappa shape index (κ2) is 9.33. The van der Waals surface area contributed by atoms with Crippen LogP contribution in [0.1, 0.15) is 25.5 Å². The minimum Gasteiger partial charge on any atom is -0.395 e. The van der Waals surface area contributed by atoms with E-state index in [1.165, 1.54) is 4.90 Å². The van der Waals surface area contributed by atoms with Crippen molar-refractivity contribution in [2.24, 2.45) is 0 Å². The van der Waals surface area contributed by atoms with Gasteiger partial charge < -0.3 is 25.7 Å². The second-order valence-electron chi connectivity index (χ2n) is 4.77. The molecule has 0 aliphatic heterocycles. The van der Waals surface area contributed by atoms with Gasteiger partial charge in [0.15, 0.2) is 0 Å². The Hall–Kier alpha value is -1.63. The van der Waals surface area contributed by atoms with Crippen molar-refractivity contribution in [3.05, 3.63) is 29.8 Å². The maximum absolute atomic E-state index is 12.1. The van der Waals surface area contributed by atoms with Crippen LogP contribution in [0.25, 0.3) is 0 Å². The molecule has 21 heavy (non-hydrogen) atoms. The number of carbonyl (C=O) groups excluding carboxylic acids is 1. The van der Waals surface area contributed by atoms with E-state index in [2.05, 4.69) is 17.6 Å². The molecule has 4 N–H and O–H groups in total. The summed E-state index contributed by atoms with van der Waals surface area (Å²) < 4.78 is 0. The van der Waals surface area contributed by atoms with Gasteiger partial charge in [0.25, 0.3) is 0 Å². The van der Waals surface area contributed by atoms with E-state index in [4.69, 9.17) is 10.2 Å². The molecule has 2 amide bonds. The van der Waals surface area contributed by atoms with Crippen LogP contribution in [0.4, 0.5) is 10.5 Å². The highest BCUT2D eigenvalue weighted by atomic mass is 16.3. The fraction of sp³-hybridized carbons (Fsp3) is 0.533. The van der Waals surface area contributed by atoms with E-state index in [0.717, 1.165) is 12.1 Å². The van der Waals surface area contributed by atoms with Gasteiger partial charge in [-0.05, 0) is 31.2 Å². The number of anilines is 1. The van der Waals surface area contributed by atoms with Crippen LogP contribution in [0, 0.1) is 0 Å². The number of nitrogens with zero attached hydrogens (tertiary/aromatic N) is 1. The molecule has 0 heterocycles. The van der Waals surface area contributed by atoms with Crippen LogP contribution in [-0.2, 0) is 0 Å². The molecule has 0 aliphatic rings. The van der Waals surface area contributed by atoms with Crippen molar-refractivity contribution in [3.63, 3.8) is 0 Å². The number of hydrogen-bond acceptors (Lipinski definition) is 4. The van der Waals surface area contributed by atoms with Gasteiger partial charge in [0, 0.05) is 24.8 Å². The van der Waals surface area contributed by atoms with Crippen LogP contribution in [0.5, 0.6) is 0 Å². The van der Waals surface area contributed by atoms with Gasteiger partial charge >= 0.3 is 6.03 Å². The van der Waals surface area contributed by atoms with Crippen LogP contribution in [0.2, 0.25) is 0 Å². The number of nitrogens with one attached hydrogen (secondary N) is 2. The molecule has 0 bridgehead atoms. The van der Waals surface area contributed by atoms with Crippen molar-refractivity contribution in [1.29, 1.82) is 0 Å². The minimum atomic E-state index is -0.327. The van der Waals surface area contributed by atoms with Gasteiger partial charge in [0.05, 0.1) is 13.2 Å². The zero-order valence-corrected chi connectivity index (χ0v) is 12.7. The predicted octanol–water partition coefficient (Wildman–Crippen LogP) is 1.18. The molecule has 0 saturated carbocycles. The molecule has 1 aromatic carbocycles. The molecule has 1 aromatic rings. The molecule has 0 spiro atoms. The zero-order chi connectivity index (χ0) is 15.7. The highest BCUT2D eigenvalue weighted by molar-refractivity contribution is 5.89. The Kier molecular flexibility index (Phi) is 7.74. The first-order valence-corrected chi connectivity index (χ1v) is 7.23. The number of aliphatic hydroxyl groups excluding tert-OH is 2. The summed E-state index contributed by atoms with van der Waals surface area (Å²) in [6, 6.07) is 7.50. The Morgan fingerprint density at radius 1 is 1.29 bits per heavy atom. The summed E-state index contributed by atoms with van der Waals surface area (Å²) >= 11 is 0. The summed E-state index contributed by atoms with van der Waals surface area (Å²) in [4.78, 5) is 13.5. The third-order valence-corrected chi connectivity index (χ3v) is 3.18. The van der Waals surface area contributed by atoms with Crippen molar-refractivity contribution in [1.82, 2.24) is 10.2 Å². The molecular formula is C15H25N3O3. The van der Waals surface area contributed by atoms with Gasteiger partial charge in [-0.3, -0.25) is 0 Å². The summed E-state index contributed by atoms with van der Waals surface area (Å²) in [5.74, 6) is 0. The number of amides is 2. The smallest absolute Gasteiger partial charge is 0.321 e. The molecule has 0 aliphatic carbocycles. The Morgan fingerprint density at radius 3 is 2.52 bits per heavy atom. The molecule has 6 heteroatoms. The monoisotopic (exact) mass is 295 g/mol. The Morgan fingerprint density at radius 2 is 1.95 bits per heavy atom. The lowest BCUT2D eigenvalue weighted by Crippen LogP contribution is -2.39. The average Bonchev–Trinajstić information content (AvgIpc) is 2.47. The van der Waals surface area contributed by atoms with Crippen LogP contribution in [0.15, 0.2) is 24.3 Å². The van der Waals surface area contributed by atoms with Gasteiger partial charge in [0.2, 0.25) is 0 Å². The van der Waals surface area contributed by atoms with E-state index in [1.807, 2.05) is 31.2 Å². The number of benzene rings is 1. The van der Waals surface area contributed by atoms with Crippen LogP contribution in [0.3, 0.4) is 0 Å². The van der Waals surface area contributed by atoms with Gasteiger partial charge in [-0.15, -0.1) is 0 Å². The Labute approximate surface area is 125 Å². The third-order valence-electron chi connectivity index (χ3n) is 3.18. The normalized spacial score (nSPS) is 12.0. The standard InChI is InChI=1S/C15H25N3O3/c1-3-16-12(2)13-5-4-6-14(11-13)17-15(21)18(7-9-19)8-10-20/h4-6,11-12,16,19-20H,3,7-10H2,1-2H3,(H,17,21). The van der Waals surface area contributed by atoms with Crippen molar-refractivity contribution < 1.29 is 15.0 Å². The van der Waals surface area contributed by atoms with E-state index in [0.29, 0.717) is 5.69 Å². The van der Waals surface area contributed by atoms with Crippen molar-refractivity contribution >= 4 is 11.7 Å². The molecule has 1 atom stereocenters. The lowest BCUT2D eigenvalue weighted by Gasteiger charge is -2.21. The largest absolute Gasteiger partial charge is 0.395 e. The molecule has 1 unspecified atom stereocenters. The summed E-state index contributed by atoms with van der Waals surface area (Å²) in [5.41, 5.74) is 1.79. The van der Waals surface area contributed by atoms with Crippen LogP contribution < -0.4 is 10.6 Å². The Bertz CT molecular complexity index is 434. The molecule has 0 fully saturated rings. The number of rotatable bonds is 8. The second-order valence-corrected chi connectivity index (χ2v) is 4.77. The van der Waals surface area contributed by atoms with E-state index in [9.17, 15) is 4.79 Å². The first-order chi connectivity index (χ1) is 10.1. The number of aliphatic hydroxyl groups is 2. The lowest BCUT2D eigenvalue weighted by atomic mass is 10.1. The van der Waals surface area contributed by atoms with E-state index >= 15 is 0 Å². The molecule has 0 saturated heterocycles. The molecule has 0 radical (unpaired) electrons. The van der Waals surface area contributed by atoms with Gasteiger partial charge in [0.1, 0.15) is 0 Å². The summed E-state index contributed by atoms with van der Waals surface area (Å²) in [7, 11) is 0. The Balaban J connectivity index is 2.73. The summed E-state index contributed by atoms with van der Waals surface area (Å²) in [5, 5.41) is 24.0. The van der Waals surface area contributed by atoms with Gasteiger partial charge in [-0.2, -0.15) is 0 Å². The van der Waals surface area contributed by atoms with E-state index < -0.39 is 0 Å². The fourth-order valence-electron chi connectivity index (χ4n) is 2.07. The highest BCUT2D eigenvalue weighted by Gasteiger charge is 2.13. The first-order valence-electron chi connectivity index (χ1n) is 7.23. The topological polar surface area (TPSA) is 84.8 Å². The molecular weight excluding hydrogens is 270 g/mol. The molecule has 1 rings (SSSR count). The number of carbonyl (C=O) groups is 1. The highest BCUT2D eigenvalue weighted by Crippen LogP contribution is 2.17. The minimum absolute atomic E-state index is 0.134. The average molecular weight is 295 g/mol. The van der Waals surface area contributed by atoms with Crippen LogP contribution in [-0.4, -0.2) is 54.0 Å². The van der Waals surface area contributed by atoms with E-state index in [-0.39, 0.29) is 38.4 Å². The van der Waals surface area contributed by atoms with E-state index in [1.54, 1.807) is 0 Å². The number of hydrogen-bond donors (Lipinski definition) is 4. The van der Waals surface area contributed by atoms with Crippen LogP contribution >= 0.6 is 0 Å². The zero-order valence-electron chi connectivity index (χ0n) is 12.7.